The van der Waals surface area contributed by atoms with Crippen molar-refractivity contribution in [1.29, 1.82) is 0 Å². The lowest BCUT2D eigenvalue weighted by molar-refractivity contribution is 0.0548. The third-order valence-electron chi connectivity index (χ3n) is 1.80. The Labute approximate surface area is 104 Å². The number of ether oxygens (including phenoxy) is 3. The van der Waals surface area contributed by atoms with E-state index in [1.807, 2.05) is 0 Å². The van der Waals surface area contributed by atoms with Crippen molar-refractivity contribution in [3.63, 3.8) is 0 Å². The molecule has 1 N–H and O–H groups in total. The number of halogens is 1. The molecule has 8 heteroatoms. The van der Waals surface area contributed by atoms with Crippen LogP contribution in [-0.2, 0) is 20.8 Å². The molecule has 0 aromatic carbocycles. The highest BCUT2D eigenvalue weighted by molar-refractivity contribution is 6.00. The van der Waals surface area contributed by atoms with Gasteiger partial charge in [-0.1, -0.05) is 0 Å². The number of carbonyl (C=O) groups is 2. The van der Waals surface area contributed by atoms with Crippen LogP contribution in [0.2, 0.25) is 0 Å². The van der Waals surface area contributed by atoms with Gasteiger partial charge in [0.25, 0.3) is 0 Å². The van der Waals surface area contributed by atoms with E-state index in [0.717, 1.165) is 0 Å². The summed E-state index contributed by atoms with van der Waals surface area (Å²) >= 11 is 0. The summed E-state index contributed by atoms with van der Waals surface area (Å²) in [4.78, 5) is 29.2. The smallest absolute Gasteiger partial charge is 0.359 e. The van der Waals surface area contributed by atoms with E-state index in [1.54, 1.807) is 0 Å². The van der Waals surface area contributed by atoms with Crippen LogP contribution in [0.25, 0.3) is 0 Å². The first kappa shape index (κ1) is 15.4. The van der Waals surface area contributed by atoms with Crippen molar-refractivity contribution < 1.29 is 23.8 Å². The van der Waals surface area contributed by atoms with Crippen molar-refractivity contribution in [2.45, 2.75) is 6.61 Å². The molecule has 1 heterocycles. The van der Waals surface area contributed by atoms with Crippen molar-refractivity contribution in [2.24, 2.45) is 0 Å². The fourth-order valence-electron chi connectivity index (χ4n) is 1.12. The normalized spacial score (nSPS) is 9.35. The van der Waals surface area contributed by atoms with Crippen molar-refractivity contribution in [1.82, 2.24) is 9.97 Å². The number of rotatable bonds is 4. The Morgan fingerprint density at radius 3 is 2.24 bits per heavy atom. The lowest BCUT2D eigenvalue weighted by atomic mass is 10.3. The predicted molar refractivity (Wildman–Crippen MR) is 59.2 cm³/mol. The summed E-state index contributed by atoms with van der Waals surface area (Å²) in [5.41, 5.74) is -0.150. The van der Waals surface area contributed by atoms with E-state index >= 15 is 0 Å². The fraction of sp³-hybridized carbons (Fsp3) is 0.444. The van der Waals surface area contributed by atoms with Gasteiger partial charge >= 0.3 is 11.9 Å². The van der Waals surface area contributed by atoms with E-state index in [9.17, 15) is 9.59 Å². The number of hydrogen-bond donors (Lipinski definition) is 1. The summed E-state index contributed by atoms with van der Waals surface area (Å²) in [5, 5.41) is 0. The number of methoxy groups -OCH3 is 3. The average Bonchev–Trinajstić information content (AvgIpc) is 2.71. The molecule has 0 amide bonds. The molecule has 0 aliphatic rings. The maximum atomic E-state index is 11.3. The van der Waals surface area contributed by atoms with Crippen LogP contribution in [0.5, 0.6) is 0 Å². The van der Waals surface area contributed by atoms with Gasteiger partial charge in [0.1, 0.15) is 12.4 Å². The summed E-state index contributed by atoms with van der Waals surface area (Å²) in [6, 6.07) is 0. The molecule has 1 rings (SSSR count). The zero-order valence-corrected chi connectivity index (χ0v) is 10.4. The van der Waals surface area contributed by atoms with Crippen LogP contribution >= 0.6 is 12.4 Å². The topological polar surface area (TPSA) is 90.5 Å². The number of aromatic amines is 1. The van der Waals surface area contributed by atoms with E-state index in [1.165, 1.54) is 21.3 Å². The first-order chi connectivity index (χ1) is 7.63. The van der Waals surface area contributed by atoms with E-state index in [2.05, 4.69) is 19.4 Å². The van der Waals surface area contributed by atoms with Crippen LogP contribution in [0.15, 0.2) is 0 Å². The molecule has 0 atom stereocenters. The molecule has 1 aromatic heterocycles. The highest BCUT2D eigenvalue weighted by atomic mass is 35.5. The van der Waals surface area contributed by atoms with Crippen LogP contribution < -0.4 is 0 Å². The summed E-state index contributed by atoms with van der Waals surface area (Å²) in [5.74, 6) is -1.04. The quantitative estimate of drug-likeness (QED) is 0.799. The number of imidazole rings is 1. The van der Waals surface area contributed by atoms with Crippen molar-refractivity contribution in [3.8, 4) is 0 Å². The first-order valence-corrected chi connectivity index (χ1v) is 4.38. The molecule has 0 saturated heterocycles. The van der Waals surface area contributed by atoms with Gasteiger partial charge in [0.2, 0.25) is 0 Å². The summed E-state index contributed by atoms with van der Waals surface area (Å²) < 4.78 is 13.8. The van der Waals surface area contributed by atoms with E-state index in [4.69, 9.17) is 4.74 Å². The summed E-state index contributed by atoms with van der Waals surface area (Å²) in [7, 11) is 3.88. The number of esters is 2. The van der Waals surface area contributed by atoms with Gasteiger partial charge in [-0.15, -0.1) is 12.4 Å². The molecule has 96 valence electrons. The van der Waals surface area contributed by atoms with Crippen LogP contribution in [0.1, 0.15) is 26.8 Å². The molecule has 7 nitrogen and oxygen atoms in total. The number of aromatic nitrogens is 2. The van der Waals surface area contributed by atoms with Gasteiger partial charge in [0.15, 0.2) is 11.4 Å². The Kier molecular flexibility index (Phi) is 6.22. The number of H-pyrrole nitrogens is 1. The van der Waals surface area contributed by atoms with E-state index < -0.39 is 11.9 Å². The molecular weight excluding hydrogens is 252 g/mol. The van der Waals surface area contributed by atoms with E-state index in [-0.39, 0.29) is 30.4 Å². The van der Waals surface area contributed by atoms with Crippen LogP contribution in [0, 0.1) is 0 Å². The summed E-state index contributed by atoms with van der Waals surface area (Å²) in [6.07, 6.45) is 0. The van der Waals surface area contributed by atoms with E-state index in [0.29, 0.717) is 5.82 Å². The molecule has 0 spiro atoms. The fourth-order valence-corrected chi connectivity index (χ4v) is 1.12. The SMILES string of the molecule is COCc1nc(C(=O)OC)c(C(=O)OC)[nH]1.Cl. The van der Waals surface area contributed by atoms with Gasteiger partial charge in [-0.25, -0.2) is 14.6 Å². The largest absolute Gasteiger partial charge is 0.464 e. The average molecular weight is 265 g/mol. The zero-order valence-electron chi connectivity index (χ0n) is 9.60. The first-order valence-electron chi connectivity index (χ1n) is 4.38. The third kappa shape index (κ3) is 3.43. The molecule has 0 fully saturated rings. The monoisotopic (exact) mass is 264 g/mol. The standard InChI is InChI=1S/C9H12N2O5.ClH/c1-14-4-5-10-6(8(12)15-2)7(11-5)9(13)16-3;/h4H2,1-3H3,(H,10,11);1H. The van der Waals surface area contributed by atoms with Gasteiger partial charge in [0.05, 0.1) is 14.2 Å². The minimum Gasteiger partial charge on any atom is -0.464 e. The number of hydrogen-bond acceptors (Lipinski definition) is 6. The van der Waals surface area contributed by atoms with Crippen LogP contribution in [0.3, 0.4) is 0 Å². The molecule has 1 aromatic rings. The number of nitrogens with one attached hydrogen (secondary N) is 1. The Hall–Kier alpha value is -1.60. The van der Waals surface area contributed by atoms with Gasteiger partial charge in [-0.2, -0.15) is 0 Å². The molecule has 0 aliphatic carbocycles. The molecule has 0 bridgehead atoms. The lowest BCUT2D eigenvalue weighted by Gasteiger charge is -1.98. The van der Waals surface area contributed by atoms with Crippen LogP contribution in [0.4, 0.5) is 0 Å². The highest BCUT2D eigenvalue weighted by Gasteiger charge is 2.23. The maximum Gasteiger partial charge on any atom is 0.359 e. The molecular formula is C9H13ClN2O5. The Morgan fingerprint density at radius 2 is 1.76 bits per heavy atom. The molecule has 0 radical (unpaired) electrons. The summed E-state index contributed by atoms with van der Waals surface area (Å²) in [6.45, 7) is 0.154. The highest BCUT2D eigenvalue weighted by Crippen LogP contribution is 2.09. The van der Waals surface area contributed by atoms with Crippen LogP contribution in [-0.4, -0.2) is 43.2 Å². The minimum absolute atomic E-state index is 0. The number of nitrogens with zero attached hydrogens (tertiary/aromatic N) is 1. The maximum absolute atomic E-state index is 11.3. The Bertz CT molecular complexity index is 371. The zero-order chi connectivity index (χ0) is 12.1. The van der Waals surface area contributed by atoms with Crippen molar-refractivity contribution in [2.75, 3.05) is 21.3 Å². The molecule has 0 saturated carbocycles. The van der Waals surface area contributed by atoms with Gasteiger partial charge in [-0.05, 0) is 0 Å². The van der Waals surface area contributed by atoms with Gasteiger partial charge < -0.3 is 19.2 Å². The molecule has 17 heavy (non-hydrogen) atoms. The Morgan fingerprint density at radius 1 is 1.18 bits per heavy atom. The Balaban J connectivity index is 0.00000256. The van der Waals surface area contributed by atoms with Gasteiger partial charge in [0, 0.05) is 7.11 Å². The molecule has 0 aliphatic heterocycles. The second-order valence-electron chi connectivity index (χ2n) is 2.82. The molecule has 0 unspecified atom stereocenters. The second kappa shape index (κ2) is 6.87. The minimum atomic E-state index is -0.709. The third-order valence-corrected chi connectivity index (χ3v) is 1.80. The predicted octanol–water partition coefficient (Wildman–Crippen LogP) is 0.551. The van der Waals surface area contributed by atoms with Crippen molar-refractivity contribution >= 4 is 24.3 Å². The van der Waals surface area contributed by atoms with Crippen molar-refractivity contribution in [3.05, 3.63) is 17.2 Å². The lowest BCUT2D eigenvalue weighted by Crippen LogP contribution is -2.11. The second-order valence-corrected chi connectivity index (χ2v) is 2.82. The number of carbonyl (C=O) groups excluding carboxylic acids is 2. The van der Waals surface area contributed by atoms with Gasteiger partial charge in [-0.3, -0.25) is 0 Å².